The largest absolute Gasteiger partial charge is 0.378 e. The molecule has 0 spiro atoms. The van der Waals surface area contributed by atoms with Gasteiger partial charge in [0.2, 0.25) is 0 Å². The summed E-state index contributed by atoms with van der Waals surface area (Å²) in [6.07, 6.45) is 0. The molecule has 1 aliphatic heterocycles. The smallest absolute Gasteiger partial charge is 0.319 e. The Balaban J connectivity index is 1.44. The normalized spacial score (nSPS) is 15.0. The zero-order valence-corrected chi connectivity index (χ0v) is 20.5. The maximum absolute atomic E-state index is 12.6. The third-order valence-electron chi connectivity index (χ3n) is 6.21. The number of piperazine rings is 1. The molecule has 3 aromatic rings. The van der Waals surface area contributed by atoms with E-state index >= 15 is 0 Å². The first-order valence-electron chi connectivity index (χ1n) is 11.6. The lowest BCUT2D eigenvalue weighted by Crippen LogP contribution is -2.50. The molecule has 1 unspecified atom stereocenters. The minimum Gasteiger partial charge on any atom is -0.378 e. The number of urea groups is 1. The molecular weight excluding hydrogens is 446 g/mol. The van der Waals surface area contributed by atoms with Gasteiger partial charge in [0.1, 0.15) is 0 Å². The molecule has 0 radical (unpaired) electrons. The van der Waals surface area contributed by atoms with Crippen LogP contribution >= 0.6 is 11.6 Å². The summed E-state index contributed by atoms with van der Waals surface area (Å²) in [5.74, 6) is 0. The zero-order valence-electron chi connectivity index (χ0n) is 19.7. The van der Waals surface area contributed by atoms with Gasteiger partial charge in [-0.05, 0) is 48.0 Å². The highest BCUT2D eigenvalue weighted by Crippen LogP contribution is 2.26. The molecule has 1 fully saturated rings. The van der Waals surface area contributed by atoms with Crippen LogP contribution in [-0.4, -0.2) is 57.8 Å². The molecule has 34 heavy (non-hydrogen) atoms. The van der Waals surface area contributed by atoms with E-state index in [1.165, 1.54) is 11.3 Å². The maximum atomic E-state index is 12.6. The summed E-state index contributed by atoms with van der Waals surface area (Å²) in [4.78, 5) is 19.6. The van der Waals surface area contributed by atoms with Crippen molar-refractivity contribution in [2.75, 3.05) is 61.9 Å². The number of hydrogen-bond acceptors (Lipinski definition) is 4. The van der Waals surface area contributed by atoms with E-state index in [0.717, 1.165) is 31.9 Å². The number of halogens is 1. The van der Waals surface area contributed by atoms with Gasteiger partial charge in [0.15, 0.2) is 0 Å². The van der Waals surface area contributed by atoms with Crippen molar-refractivity contribution < 1.29 is 4.79 Å². The summed E-state index contributed by atoms with van der Waals surface area (Å²) in [7, 11) is 4.08. The molecule has 2 N–H and O–H groups in total. The van der Waals surface area contributed by atoms with Crippen molar-refractivity contribution in [1.82, 2.24) is 10.2 Å². The summed E-state index contributed by atoms with van der Waals surface area (Å²) >= 11 is 6.04. The summed E-state index contributed by atoms with van der Waals surface area (Å²) in [6.45, 7) is 4.26. The van der Waals surface area contributed by atoms with Crippen LogP contribution in [0.3, 0.4) is 0 Å². The van der Waals surface area contributed by atoms with Crippen molar-refractivity contribution in [3.8, 4) is 0 Å². The molecule has 178 valence electrons. The fourth-order valence-electron chi connectivity index (χ4n) is 4.31. The second-order valence-electron chi connectivity index (χ2n) is 8.71. The quantitative estimate of drug-likeness (QED) is 0.497. The van der Waals surface area contributed by atoms with E-state index in [4.69, 9.17) is 11.6 Å². The number of hydrogen-bond donors (Lipinski definition) is 2. The monoisotopic (exact) mass is 477 g/mol. The lowest BCUT2D eigenvalue weighted by molar-refractivity contribution is 0.182. The molecule has 2 amide bonds. The van der Waals surface area contributed by atoms with Crippen LogP contribution in [0.25, 0.3) is 0 Å². The summed E-state index contributed by atoms with van der Waals surface area (Å²) in [6, 6.07) is 26.2. The van der Waals surface area contributed by atoms with E-state index in [-0.39, 0.29) is 12.1 Å². The number of carbonyl (C=O) groups is 1. The van der Waals surface area contributed by atoms with E-state index in [9.17, 15) is 4.79 Å². The molecule has 0 bridgehead atoms. The SMILES string of the molecule is CN(C)c1ccc(C(CNC(=O)Nc2cccc(Cl)c2)N2CCN(c3ccccc3)CC2)cc1. The predicted octanol–water partition coefficient (Wildman–Crippen LogP) is 5.09. The molecule has 3 aromatic carbocycles. The Bertz CT molecular complexity index is 1070. The van der Waals surface area contributed by atoms with Gasteiger partial charge in [-0.15, -0.1) is 0 Å². The lowest BCUT2D eigenvalue weighted by atomic mass is 10.0. The highest BCUT2D eigenvalue weighted by atomic mass is 35.5. The Morgan fingerprint density at radius 1 is 0.941 bits per heavy atom. The molecule has 4 rings (SSSR count). The van der Waals surface area contributed by atoms with Crippen LogP contribution in [0.2, 0.25) is 5.02 Å². The number of para-hydroxylation sites is 1. The molecule has 7 heteroatoms. The van der Waals surface area contributed by atoms with Crippen LogP contribution in [0.5, 0.6) is 0 Å². The van der Waals surface area contributed by atoms with E-state index in [1.807, 2.05) is 32.3 Å². The van der Waals surface area contributed by atoms with Crippen molar-refractivity contribution in [2.24, 2.45) is 0 Å². The van der Waals surface area contributed by atoms with Crippen LogP contribution in [0, 0.1) is 0 Å². The van der Waals surface area contributed by atoms with Crippen LogP contribution in [0.1, 0.15) is 11.6 Å². The Kier molecular flexibility index (Phi) is 7.93. The van der Waals surface area contributed by atoms with E-state index in [1.54, 1.807) is 12.1 Å². The molecule has 1 heterocycles. The third kappa shape index (κ3) is 6.22. The van der Waals surface area contributed by atoms with E-state index in [2.05, 4.69) is 73.9 Å². The van der Waals surface area contributed by atoms with Gasteiger partial charge >= 0.3 is 6.03 Å². The zero-order chi connectivity index (χ0) is 23.9. The van der Waals surface area contributed by atoms with E-state index in [0.29, 0.717) is 17.3 Å². The number of rotatable bonds is 7. The Morgan fingerprint density at radius 3 is 2.29 bits per heavy atom. The first-order valence-corrected chi connectivity index (χ1v) is 12.0. The Morgan fingerprint density at radius 2 is 1.65 bits per heavy atom. The van der Waals surface area contributed by atoms with Crippen molar-refractivity contribution in [1.29, 1.82) is 0 Å². The van der Waals surface area contributed by atoms with Crippen molar-refractivity contribution in [2.45, 2.75) is 6.04 Å². The predicted molar refractivity (Wildman–Crippen MR) is 142 cm³/mol. The Hall–Kier alpha value is -3.22. The van der Waals surface area contributed by atoms with Crippen molar-refractivity contribution >= 4 is 34.7 Å². The fourth-order valence-corrected chi connectivity index (χ4v) is 4.50. The lowest BCUT2D eigenvalue weighted by Gasteiger charge is -2.40. The Labute approximate surface area is 207 Å². The number of benzene rings is 3. The first kappa shape index (κ1) is 23.9. The van der Waals surface area contributed by atoms with Crippen molar-refractivity contribution in [3.05, 3.63) is 89.4 Å². The second kappa shape index (κ2) is 11.3. The molecule has 1 aliphatic rings. The molecule has 6 nitrogen and oxygen atoms in total. The van der Waals surface area contributed by atoms with Gasteiger partial charge in [0, 0.05) is 68.9 Å². The minimum absolute atomic E-state index is 0.0826. The molecule has 0 aromatic heterocycles. The number of nitrogens with one attached hydrogen (secondary N) is 2. The van der Waals surface area contributed by atoms with E-state index < -0.39 is 0 Å². The number of anilines is 3. The second-order valence-corrected chi connectivity index (χ2v) is 9.14. The van der Waals surface area contributed by atoms with Gasteiger partial charge in [-0.2, -0.15) is 0 Å². The topological polar surface area (TPSA) is 50.9 Å². The highest BCUT2D eigenvalue weighted by Gasteiger charge is 2.26. The van der Waals surface area contributed by atoms with Crippen LogP contribution < -0.4 is 20.4 Å². The van der Waals surface area contributed by atoms with Gasteiger partial charge in [0.05, 0.1) is 6.04 Å². The number of carbonyl (C=O) groups excluding carboxylic acids is 1. The average molecular weight is 478 g/mol. The summed E-state index contributed by atoms with van der Waals surface area (Å²) in [5, 5.41) is 6.54. The third-order valence-corrected chi connectivity index (χ3v) is 6.44. The van der Waals surface area contributed by atoms with Crippen LogP contribution in [0.4, 0.5) is 21.9 Å². The fraction of sp³-hybridized carbons (Fsp3) is 0.296. The number of nitrogens with zero attached hydrogens (tertiary/aromatic N) is 3. The number of amides is 2. The van der Waals surface area contributed by atoms with Gasteiger partial charge < -0.3 is 20.4 Å². The van der Waals surface area contributed by atoms with Crippen LogP contribution in [0.15, 0.2) is 78.9 Å². The van der Waals surface area contributed by atoms with Gasteiger partial charge in [-0.3, -0.25) is 4.90 Å². The van der Waals surface area contributed by atoms with Gasteiger partial charge in [-0.25, -0.2) is 4.79 Å². The molecule has 0 aliphatic carbocycles. The highest BCUT2D eigenvalue weighted by molar-refractivity contribution is 6.30. The standard InChI is InChI=1S/C27H32ClN5O/c1-31(2)24-13-11-21(12-14-24)26(20-29-27(34)30-23-8-6-7-22(28)19-23)33-17-15-32(16-18-33)25-9-4-3-5-10-25/h3-14,19,26H,15-18,20H2,1-2H3,(H2,29,30,34). The average Bonchev–Trinajstić information content (AvgIpc) is 2.85. The van der Waals surface area contributed by atoms with Gasteiger partial charge in [0.25, 0.3) is 0 Å². The summed E-state index contributed by atoms with van der Waals surface area (Å²) < 4.78 is 0. The van der Waals surface area contributed by atoms with Crippen molar-refractivity contribution in [3.63, 3.8) is 0 Å². The molecule has 1 atom stereocenters. The van der Waals surface area contributed by atoms with Gasteiger partial charge in [-0.1, -0.05) is 48.0 Å². The van der Waals surface area contributed by atoms with Crippen LogP contribution in [-0.2, 0) is 0 Å². The first-order chi connectivity index (χ1) is 16.5. The minimum atomic E-state index is -0.236. The molecule has 0 saturated carbocycles. The summed E-state index contributed by atoms with van der Waals surface area (Å²) in [5.41, 5.74) is 4.28. The molecular formula is C27H32ClN5O. The maximum Gasteiger partial charge on any atom is 0.319 e. The molecule has 1 saturated heterocycles.